The molecule has 0 atom stereocenters. The first-order valence-electron chi connectivity index (χ1n) is 6.76. The lowest BCUT2D eigenvalue weighted by Gasteiger charge is -2.05. The topological polar surface area (TPSA) is 47.8 Å². The van der Waals surface area contributed by atoms with Crippen molar-refractivity contribution < 1.29 is 4.79 Å². The van der Waals surface area contributed by atoms with E-state index in [4.69, 9.17) is 0 Å². The number of aromatic nitrogens is 3. The Bertz CT molecular complexity index is 763. The van der Waals surface area contributed by atoms with Gasteiger partial charge >= 0.3 is 0 Å². The first-order chi connectivity index (χ1) is 10.3. The van der Waals surface area contributed by atoms with Crippen LogP contribution in [0.15, 0.2) is 54.9 Å². The maximum atomic E-state index is 11.3. The minimum Gasteiger partial charge on any atom is -0.298 e. The quantitative estimate of drug-likeness (QED) is 0.688. The third kappa shape index (κ3) is 2.74. The van der Waals surface area contributed by atoms with E-state index in [9.17, 15) is 4.79 Å². The molecule has 0 saturated carbocycles. The Hall–Kier alpha value is -2.75. The van der Waals surface area contributed by atoms with Crippen LogP contribution in [0.3, 0.4) is 0 Å². The fraction of sp³-hybridized carbons (Fsp3) is 0.118. The van der Waals surface area contributed by atoms with E-state index in [-0.39, 0.29) is 0 Å². The van der Waals surface area contributed by atoms with Gasteiger partial charge in [0.2, 0.25) is 0 Å². The van der Waals surface area contributed by atoms with E-state index in [2.05, 4.69) is 29.1 Å². The average Bonchev–Trinajstić information content (AvgIpc) is 2.93. The molecule has 4 nitrogen and oxygen atoms in total. The normalized spacial score (nSPS) is 10.5. The molecule has 3 aromatic rings. The summed E-state index contributed by atoms with van der Waals surface area (Å²) in [5, 5.41) is 4.51. The Labute approximate surface area is 123 Å². The number of nitrogens with zero attached hydrogens (tertiary/aromatic N) is 3. The van der Waals surface area contributed by atoms with Crippen LogP contribution < -0.4 is 0 Å². The molecule has 0 aliphatic carbocycles. The summed E-state index contributed by atoms with van der Waals surface area (Å²) in [5.41, 5.74) is 4.29. The summed E-state index contributed by atoms with van der Waals surface area (Å²) >= 11 is 0. The molecule has 3 rings (SSSR count). The van der Waals surface area contributed by atoms with Gasteiger partial charge in [-0.1, -0.05) is 30.3 Å². The number of rotatable bonds is 4. The van der Waals surface area contributed by atoms with Crippen molar-refractivity contribution in [3.8, 4) is 11.4 Å². The maximum absolute atomic E-state index is 11.3. The van der Waals surface area contributed by atoms with Gasteiger partial charge in [0.1, 0.15) is 5.69 Å². The van der Waals surface area contributed by atoms with Crippen LogP contribution in [0.2, 0.25) is 0 Å². The number of aryl methyl sites for hydroxylation is 1. The molecule has 0 saturated heterocycles. The van der Waals surface area contributed by atoms with E-state index in [0.29, 0.717) is 23.5 Å². The van der Waals surface area contributed by atoms with E-state index >= 15 is 0 Å². The molecule has 2 heterocycles. The van der Waals surface area contributed by atoms with Crippen LogP contribution in [0, 0.1) is 6.92 Å². The highest BCUT2D eigenvalue weighted by atomic mass is 16.1. The lowest BCUT2D eigenvalue weighted by molar-refractivity contribution is 0.112. The van der Waals surface area contributed by atoms with E-state index in [1.807, 2.05) is 30.3 Å². The summed E-state index contributed by atoms with van der Waals surface area (Å²) in [6, 6.07) is 13.7. The fourth-order valence-electron chi connectivity index (χ4n) is 2.27. The van der Waals surface area contributed by atoms with Crippen molar-refractivity contribution in [2.75, 3.05) is 0 Å². The molecule has 0 radical (unpaired) electrons. The second kappa shape index (κ2) is 5.71. The van der Waals surface area contributed by atoms with Gasteiger partial charge in [-0.3, -0.25) is 14.5 Å². The van der Waals surface area contributed by atoms with Crippen molar-refractivity contribution in [3.63, 3.8) is 0 Å². The molecule has 104 valence electrons. The van der Waals surface area contributed by atoms with Crippen LogP contribution in [0.1, 0.15) is 21.5 Å². The molecule has 0 N–H and O–H groups in total. The third-order valence-corrected chi connectivity index (χ3v) is 3.42. The number of benzene rings is 1. The van der Waals surface area contributed by atoms with Crippen molar-refractivity contribution >= 4 is 6.29 Å². The Kier molecular flexibility index (Phi) is 3.60. The van der Waals surface area contributed by atoms with E-state index < -0.39 is 0 Å². The first-order valence-corrected chi connectivity index (χ1v) is 6.76. The zero-order valence-corrected chi connectivity index (χ0v) is 11.7. The smallest absolute Gasteiger partial charge is 0.153 e. The largest absolute Gasteiger partial charge is 0.298 e. The lowest BCUT2D eigenvalue weighted by Crippen LogP contribution is -2.02. The van der Waals surface area contributed by atoms with Crippen LogP contribution in [-0.2, 0) is 6.54 Å². The molecule has 2 aromatic heterocycles. The molecular weight excluding hydrogens is 262 g/mol. The van der Waals surface area contributed by atoms with Gasteiger partial charge in [0.15, 0.2) is 6.29 Å². The van der Waals surface area contributed by atoms with E-state index in [0.717, 1.165) is 6.29 Å². The third-order valence-electron chi connectivity index (χ3n) is 3.42. The Morgan fingerprint density at radius 2 is 1.95 bits per heavy atom. The number of hydrogen-bond donors (Lipinski definition) is 0. The summed E-state index contributed by atoms with van der Waals surface area (Å²) in [6.45, 7) is 2.71. The molecule has 0 unspecified atom stereocenters. The predicted molar refractivity (Wildman–Crippen MR) is 81.1 cm³/mol. The van der Waals surface area contributed by atoms with Gasteiger partial charge in [-0.2, -0.15) is 5.10 Å². The summed E-state index contributed by atoms with van der Waals surface area (Å²) in [7, 11) is 0. The van der Waals surface area contributed by atoms with E-state index in [1.165, 1.54) is 11.1 Å². The predicted octanol–water partition coefficient (Wildman–Crippen LogP) is 3.11. The summed E-state index contributed by atoms with van der Waals surface area (Å²) in [4.78, 5) is 15.5. The van der Waals surface area contributed by atoms with Crippen molar-refractivity contribution in [1.82, 2.24) is 14.8 Å². The summed E-state index contributed by atoms with van der Waals surface area (Å²) in [6.07, 6.45) is 4.29. The Balaban J connectivity index is 1.97. The second-order valence-electron chi connectivity index (χ2n) is 4.89. The number of carbonyl (C=O) groups excluding carboxylic acids is 1. The lowest BCUT2D eigenvalue weighted by atomic mass is 10.1. The molecule has 0 fully saturated rings. The number of pyridine rings is 1. The monoisotopic (exact) mass is 277 g/mol. The van der Waals surface area contributed by atoms with Gasteiger partial charge in [0, 0.05) is 12.4 Å². The van der Waals surface area contributed by atoms with Crippen LogP contribution in [0.4, 0.5) is 0 Å². The van der Waals surface area contributed by atoms with Crippen LogP contribution >= 0.6 is 0 Å². The first kappa shape index (κ1) is 13.2. The molecule has 1 aromatic carbocycles. The number of hydrogen-bond acceptors (Lipinski definition) is 3. The van der Waals surface area contributed by atoms with Gasteiger partial charge in [0.25, 0.3) is 0 Å². The highest BCUT2D eigenvalue weighted by Crippen LogP contribution is 2.19. The number of aldehydes is 1. The van der Waals surface area contributed by atoms with Crippen molar-refractivity contribution in [2.24, 2.45) is 0 Å². The second-order valence-corrected chi connectivity index (χ2v) is 4.89. The fourth-order valence-corrected chi connectivity index (χ4v) is 2.27. The minimum absolute atomic E-state index is 0.558. The Morgan fingerprint density at radius 1 is 1.14 bits per heavy atom. The maximum Gasteiger partial charge on any atom is 0.153 e. The SMILES string of the molecule is Cc1ccccc1Cn1cc(C=O)c(-c2ccccn2)n1. The highest BCUT2D eigenvalue weighted by molar-refractivity contribution is 5.84. The molecule has 0 amide bonds. The van der Waals surface area contributed by atoms with Gasteiger partial charge in [-0.25, -0.2) is 0 Å². The summed E-state index contributed by atoms with van der Waals surface area (Å²) < 4.78 is 1.79. The standard InChI is InChI=1S/C17H15N3O/c1-13-6-2-3-7-14(13)10-20-11-15(12-21)17(19-20)16-8-4-5-9-18-16/h2-9,11-12H,10H2,1H3. The Morgan fingerprint density at radius 3 is 2.67 bits per heavy atom. The highest BCUT2D eigenvalue weighted by Gasteiger charge is 2.12. The van der Waals surface area contributed by atoms with Gasteiger partial charge < -0.3 is 0 Å². The number of carbonyl (C=O) groups is 1. The molecule has 0 bridgehead atoms. The van der Waals surface area contributed by atoms with Gasteiger partial charge in [0.05, 0.1) is 17.8 Å². The van der Waals surface area contributed by atoms with Gasteiger partial charge in [-0.05, 0) is 30.2 Å². The van der Waals surface area contributed by atoms with Crippen molar-refractivity contribution in [3.05, 3.63) is 71.5 Å². The molecular formula is C17H15N3O. The van der Waals surface area contributed by atoms with Crippen LogP contribution in [-0.4, -0.2) is 21.1 Å². The van der Waals surface area contributed by atoms with Crippen LogP contribution in [0.25, 0.3) is 11.4 Å². The van der Waals surface area contributed by atoms with E-state index in [1.54, 1.807) is 17.1 Å². The zero-order valence-electron chi connectivity index (χ0n) is 11.7. The molecule has 0 spiro atoms. The minimum atomic E-state index is 0.558. The van der Waals surface area contributed by atoms with Crippen LogP contribution in [0.5, 0.6) is 0 Å². The molecule has 4 heteroatoms. The van der Waals surface area contributed by atoms with Crippen molar-refractivity contribution in [1.29, 1.82) is 0 Å². The average molecular weight is 277 g/mol. The summed E-state index contributed by atoms with van der Waals surface area (Å²) in [5.74, 6) is 0. The van der Waals surface area contributed by atoms with Crippen molar-refractivity contribution in [2.45, 2.75) is 13.5 Å². The van der Waals surface area contributed by atoms with Gasteiger partial charge in [-0.15, -0.1) is 0 Å². The molecule has 21 heavy (non-hydrogen) atoms. The molecule has 0 aliphatic rings. The molecule has 0 aliphatic heterocycles. The zero-order chi connectivity index (χ0) is 14.7.